The fourth-order valence-corrected chi connectivity index (χ4v) is 2.27. The summed E-state index contributed by atoms with van der Waals surface area (Å²) in [5.41, 5.74) is 7.65. The number of nitrogens with zero attached hydrogens (tertiary/aromatic N) is 3. The number of nitrogens with two attached hydrogens (primary N) is 1. The molecule has 1 amide bonds. The predicted octanol–water partition coefficient (Wildman–Crippen LogP) is 2.33. The summed E-state index contributed by atoms with van der Waals surface area (Å²) in [6.07, 6.45) is 1.54. The van der Waals surface area contributed by atoms with Gasteiger partial charge in [0.25, 0.3) is 5.91 Å². The van der Waals surface area contributed by atoms with Gasteiger partial charge in [0.2, 0.25) is 0 Å². The molecule has 0 radical (unpaired) electrons. The fraction of sp³-hybridized carbons (Fsp3) is 0.133. The molecule has 3 aromatic rings. The quantitative estimate of drug-likeness (QED) is 0.764. The highest BCUT2D eigenvalue weighted by Gasteiger charge is 2.19. The van der Waals surface area contributed by atoms with Crippen LogP contribution in [0.3, 0.4) is 0 Å². The monoisotopic (exact) mass is 331 g/mol. The van der Waals surface area contributed by atoms with Crippen molar-refractivity contribution in [2.24, 2.45) is 0 Å². The van der Waals surface area contributed by atoms with E-state index in [0.717, 1.165) is 5.56 Å². The number of carbonyl (C=O) groups excluding carboxylic acids is 1. The number of nitrogens with one attached hydrogen (secondary N) is 1. The van der Waals surface area contributed by atoms with Gasteiger partial charge in [-0.2, -0.15) is 4.68 Å². The van der Waals surface area contributed by atoms with Crippen molar-refractivity contribution in [1.29, 1.82) is 0 Å². The Balaban J connectivity index is 1.84. The zero-order chi connectivity index (χ0) is 16.4. The topological polar surface area (TPSA) is 99.0 Å². The summed E-state index contributed by atoms with van der Waals surface area (Å²) in [5.74, 6) is 0.354. The average Bonchev–Trinajstić information content (AvgIpc) is 3.17. The first-order valence-corrected chi connectivity index (χ1v) is 7.22. The van der Waals surface area contributed by atoms with Gasteiger partial charge in [-0.3, -0.25) is 4.79 Å². The highest BCUT2D eigenvalue weighted by atomic mass is 35.5. The van der Waals surface area contributed by atoms with Crippen molar-refractivity contribution in [3.63, 3.8) is 0 Å². The van der Waals surface area contributed by atoms with Crippen LogP contribution in [0.15, 0.2) is 41.0 Å². The van der Waals surface area contributed by atoms with E-state index in [4.69, 9.17) is 21.8 Å². The number of hydrogen-bond acceptors (Lipinski definition) is 5. The van der Waals surface area contributed by atoms with Crippen LogP contribution in [-0.4, -0.2) is 20.9 Å². The molecule has 1 aromatic carbocycles. The first-order chi connectivity index (χ1) is 11.1. The molecule has 2 aromatic heterocycles. The number of aromatic nitrogens is 3. The molecule has 3 N–H and O–H groups in total. The summed E-state index contributed by atoms with van der Waals surface area (Å²) in [7, 11) is 0. The summed E-state index contributed by atoms with van der Waals surface area (Å²) in [6.45, 7) is 2.14. The number of amides is 1. The van der Waals surface area contributed by atoms with Gasteiger partial charge < -0.3 is 15.5 Å². The molecule has 23 heavy (non-hydrogen) atoms. The van der Waals surface area contributed by atoms with Gasteiger partial charge in [-0.1, -0.05) is 22.9 Å². The van der Waals surface area contributed by atoms with Crippen molar-refractivity contribution in [2.75, 3.05) is 5.73 Å². The van der Waals surface area contributed by atoms with Gasteiger partial charge in [0.15, 0.2) is 11.5 Å². The Hall–Kier alpha value is -2.80. The van der Waals surface area contributed by atoms with Crippen molar-refractivity contribution >= 4 is 23.3 Å². The zero-order valence-electron chi connectivity index (χ0n) is 12.3. The SMILES string of the molecule is Cc1ccc(Cl)cc1-n1nnc(C(=O)NCc2ccco2)c1N. The number of hydrogen-bond donors (Lipinski definition) is 2. The molecule has 0 saturated carbocycles. The normalized spacial score (nSPS) is 10.7. The fourth-order valence-electron chi connectivity index (χ4n) is 2.10. The van der Waals surface area contributed by atoms with E-state index in [0.29, 0.717) is 16.5 Å². The Kier molecular flexibility index (Phi) is 4.03. The molecule has 0 fully saturated rings. The van der Waals surface area contributed by atoms with E-state index >= 15 is 0 Å². The molecule has 2 heterocycles. The molecular weight excluding hydrogens is 318 g/mol. The minimum Gasteiger partial charge on any atom is -0.467 e. The molecule has 118 valence electrons. The smallest absolute Gasteiger partial charge is 0.276 e. The maximum atomic E-state index is 12.2. The summed E-state index contributed by atoms with van der Waals surface area (Å²) in [5, 5.41) is 11.0. The van der Waals surface area contributed by atoms with Gasteiger partial charge in [-0.05, 0) is 36.8 Å². The summed E-state index contributed by atoms with van der Waals surface area (Å²) >= 11 is 6.00. The Labute approximate surface area is 137 Å². The molecule has 0 spiro atoms. The number of halogens is 1. The maximum absolute atomic E-state index is 12.2. The molecule has 8 heteroatoms. The summed E-state index contributed by atoms with van der Waals surface area (Å²) in [4.78, 5) is 12.2. The van der Waals surface area contributed by atoms with Gasteiger partial charge in [0, 0.05) is 5.02 Å². The third-order valence-corrected chi connectivity index (χ3v) is 3.56. The molecule has 0 atom stereocenters. The number of benzene rings is 1. The van der Waals surface area contributed by atoms with Crippen LogP contribution >= 0.6 is 11.6 Å². The lowest BCUT2D eigenvalue weighted by Gasteiger charge is -2.07. The minimum absolute atomic E-state index is 0.0518. The molecule has 3 rings (SSSR count). The second kappa shape index (κ2) is 6.13. The van der Waals surface area contributed by atoms with Gasteiger partial charge in [0.1, 0.15) is 5.76 Å². The molecule has 0 bridgehead atoms. The first-order valence-electron chi connectivity index (χ1n) is 6.84. The number of rotatable bonds is 4. The van der Waals surface area contributed by atoms with Gasteiger partial charge in [0.05, 0.1) is 18.5 Å². The highest BCUT2D eigenvalue weighted by Crippen LogP contribution is 2.22. The second-order valence-corrected chi connectivity index (χ2v) is 5.36. The van der Waals surface area contributed by atoms with Crippen molar-refractivity contribution in [3.05, 3.63) is 58.6 Å². The maximum Gasteiger partial charge on any atom is 0.276 e. The van der Waals surface area contributed by atoms with Gasteiger partial charge in [-0.15, -0.1) is 5.10 Å². The van der Waals surface area contributed by atoms with Crippen LogP contribution in [0.5, 0.6) is 0 Å². The molecular formula is C15H14ClN5O2. The number of anilines is 1. The van der Waals surface area contributed by atoms with Crippen molar-refractivity contribution in [2.45, 2.75) is 13.5 Å². The standard InChI is InChI=1S/C15H14ClN5O2/c1-9-4-5-10(16)7-12(9)21-14(17)13(19-20-21)15(22)18-8-11-3-2-6-23-11/h2-7H,8,17H2,1H3,(H,18,22). The van der Waals surface area contributed by atoms with Crippen molar-refractivity contribution in [3.8, 4) is 5.69 Å². The molecule has 0 aliphatic carbocycles. The van der Waals surface area contributed by atoms with E-state index in [-0.39, 0.29) is 18.1 Å². The highest BCUT2D eigenvalue weighted by molar-refractivity contribution is 6.30. The summed E-state index contributed by atoms with van der Waals surface area (Å²) in [6, 6.07) is 8.83. The number of furan rings is 1. The van der Waals surface area contributed by atoms with E-state index in [9.17, 15) is 4.79 Å². The van der Waals surface area contributed by atoms with E-state index in [1.165, 1.54) is 10.9 Å². The molecule has 0 unspecified atom stereocenters. The Morgan fingerprint density at radius 3 is 3.00 bits per heavy atom. The number of carbonyl (C=O) groups is 1. The molecule has 0 aliphatic rings. The molecule has 0 saturated heterocycles. The Morgan fingerprint density at radius 1 is 1.43 bits per heavy atom. The lowest BCUT2D eigenvalue weighted by molar-refractivity contribution is 0.0944. The third-order valence-electron chi connectivity index (χ3n) is 3.32. The van der Waals surface area contributed by atoms with E-state index in [2.05, 4.69) is 15.6 Å². The van der Waals surface area contributed by atoms with Crippen LogP contribution in [0.4, 0.5) is 5.82 Å². The van der Waals surface area contributed by atoms with E-state index in [1.807, 2.05) is 13.0 Å². The minimum atomic E-state index is -0.426. The number of nitrogen functional groups attached to an aromatic ring is 1. The molecule has 0 aliphatic heterocycles. The number of aryl methyl sites for hydroxylation is 1. The van der Waals surface area contributed by atoms with Crippen LogP contribution in [0.1, 0.15) is 21.8 Å². The van der Waals surface area contributed by atoms with Crippen LogP contribution in [0.2, 0.25) is 5.02 Å². The lowest BCUT2D eigenvalue weighted by Crippen LogP contribution is -2.24. The second-order valence-electron chi connectivity index (χ2n) is 4.93. The van der Waals surface area contributed by atoms with E-state index in [1.54, 1.807) is 24.3 Å². The summed E-state index contributed by atoms with van der Waals surface area (Å²) < 4.78 is 6.54. The van der Waals surface area contributed by atoms with Crippen LogP contribution in [-0.2, 0) is 6.54 Å². The average molecular weight is 332 g/mol. The van der Waals surface area contributed by atoms with Crippen molar-refractivity contribution < 1.29 is 9.21 Å². The lowest BCUT2D eigenvalue weighted by atomic mass is 10.2. The first kappa shape index (κ1) is 15.1. The van der Waals surface area contributed by atoms with Crippen LogP contribution in [0, 0.1) is 6.92 Å². The van der Waals surface area contributed by atoms with Crippen LogP contribution < -0.4 is 11.1 Å². The van der Waals surface area contributed by atoms with Gasteiger partial charge >= 0.3 is 0 Å². The van der Waals surface area contributed by atoms with Crippen molar-refractivity contribution in [1.82, 2.24) is 20.3 Å². The van der Waals surface area contributed by atoms with Gasteiger partial charge in [-0.25, -0.2) is 0 Å². The zero-order valence-corrected chi connectivity index (χ0v) is 13.0. The molecule has 7 nitrogen and oxygen atoms in total. The third kappa shape index (κ3) is 3.04. The Morgan fingerprint density at radius 2 is 2.26 bits per heavy atom. The Bertz CT molecular complexity index is 842. The van der Waals surface area contributed by atoms with E-state index < -0.39 is 5.91 Å². The van der Waals surface area contributed by atoms with Crippen LogP contribution in [0.25, 0.3) is 5.69 Å². The largest absolute Gasteiger partial charge is 0.467 e. The predicted molar refractivity (Wildman–Crippen MR) is 85.4 cm³/mol.